The normalized spacial score (nSPS) is 11.6. The van der Waals surface area contributed by atoms with Crippen molar-refractivity contribution in [2.24, 2.45) is 0 Å². The second-order valence-electron chi connectivity index (χ2n) is 5.05. The van der Waals surface area contributed by atoms with Crippen LogP contribution in [0.3, 0.4) is 0 Å². The fourth-order valence-corrected chi connectivity index (χ4v) is 4.65. The van der Waals surface area contributed by atoms with Gasteiger partial charge in [-0.1, -0.05) is 11.3 Å². The van der Waals surface area contributed by atoms with Crippen LogP contribution < -0.4 is 20.7 Å². The molecule has 0 saturated carbocycles. The third kappa shape index (κ3) is 3.42. The summed E-state index contributed by atoms with van der Waals surface area (Å²) in [7, 11) is -4.21. The van der Waals surface area contributed by atoms with Crippen LogP contribution in [0.4, 0.5) is 5.13 Å². The molecule has 132 valence electrons. The van der Waals surface area contributed by atoms with Crippen LogP contribution in [0.25, 0.3) is 10.2 Å². The van der Waals surface area contributed by atoms with Crippen LogP contribution in [0, 0.1) is 6.92 Å². The molecule has 2 heterocycles. The van der Waals surface area contributed by atoms with E-state index in [4.69, 9.17) is 4.74 Å². The number of hydrogen-bond acceptors (Lipinski definition) is 7. The Hall–Kier alpha value is -2.66. The van der Waals surface area contributed by atoms with Gasteiger partial charge >= 0.3 is 5.69 Å². The Bertz CT molecular complexity index is 1160. The first-order valence-electron chi connectivity index (χ1n) is 7.19. The van der Waals surface area contributed by atoms with Gasteiger partial charge in [0.15, 0.2) is 10.0 Å². The Labute approximate surface area is 145 Å². The van der Waals surface area contributed by atoms with Crippen molar-refractivity contribution in [2.45, 2.75) is 18.7 Å². The van der Waals surface area contributed by atoms with Crippen molar-refractivity contribution in [1.82, 2.24) is 15.0 Å². The second-order valence-corrected chi connectivity index (χ2v) is 7.70. The summed E-state index contributed by atoms with van der Waals surface area (Å²) in [6, 6.07) is 5.21. The fraction of sp³-hybridized carbons (Fsp3) is 0.214. The molecule has 1 aromatic carbocycles. The molecule has 0 saturated heterocycles. The van der Waals surface area contributed by atoms with E-state index in [1.807, 2.05) is 11.9 Å². The summed E-state index contributed by atoms with van der Waals surface area (Å²) in [5, 5.41) is 0.105. The summed E-state index contributed by atoms with van der Waals surface area (Å²) in [4.78, 5) is 30.9. The minimum absolute atomic E-state index is 0.0546. The number of aromatic amines is 2. The quantitative estimate of drug-likeness (QED) is 0.607. The van der Waals surface area contributed by atoms with E-state index in [1.165, 1.54) is 6.92 Å². The molecular formula is C14H14N4O5S2. The molecule has 0 amide bonds. The van der Waals surface area contributed by atoms with E-state index in [0.717, 1.165) is 16.0 Å². The number of nitrogens with zero attached hydrogens (tertiary/aromatic N) is 1. The highest BCUT2D eigenvalue weighted by molar-refractivity contribution is 7.93. The minimum atomic E-state index is -4.21. The molecule has 0 unspecified atom stereocenters. The van der Waals surface area contributed by atoms with Crippen LogP contribution in [0.5, 0.6) is 5.75 Å². The first-order valence-corrected chi connectivity index (χ1v) is 9.49. The monoisotopic (exact) mass is 382 g/mol. The molecule has 0 radical (unpaired) electrons. The van der Waals surface area contributed by atoms with Gasteiger partial charge in [-0.2, -0.15) is 0 Å². The number of anilines is 1. The van der Waals surface area contributed by atoms with E-state index in [2.05, 4.69) is 14.7 Å². The largest absolute Gasteiger partial charge is 0.494 e. The average molecular weight is 382 g/mol. The highest BCUT2D eigenvalue weighted by Gasteiger charge is 2.23. The fourth-order valence-electron chi connectivity index (χ4n) is 2.28. The van der Waals surface area contributed by atoms with Crippen molar-refractivity contribution < 1.29 is 13.2 Å². The molecule has 2 aromatic heterocycles. The summed E-state index contributed by atoms with van der Waals surface area (Å²) in [6.45, 7) is 3.70. The summed E-state index contributed by atoms with van der Waals surface area (Å²) in [5.41, 5.74) is -1.22. The third-order valence-corrected chi connectivity index (χ3v) is 5.79. The van der Waals surface area contributed by atoms with Crippen molar-refractivity contribution in [2.75, 3.05) is 11.3 Å². The van der Waals surface area contributed by atoms with Crippen molar-refractivity contribution in [1.29, 1.82) is 0 Å². The number of nitrogens with one attached hydrogen (secondary N) is 3. The van der Waals surface area contributed by atoms with Crippen molar-refractivity contribution in [3.05, 3.63) is 44.7 Å². The molecule has 0 aliphatic rings. The van der Waals surface area contributed by atoms with E-state index >= 15 is 0 Å². The van der Waals surface area contributed by atoms with Crippen molar-refractivity contribution >= 4 is 36.7 Å². The molecule has 0 bridgehead atoms. The maximum atomic E-state index is 12.5. The van der Waals surface area contributed by atoms with Crippen LogP contribution in [-0.2, 0) is 10.0 Å². The van der Waals surface area contributed by atoms with Gasteiger partial charge in [0.05, 0.1) is 16.8 Å². The van der Waals surface area contributed by atoms with Crippen LogP contribution >= 0.6 is 11.3 Å². The SMILES string of the molecule is CCOc1ccc2nc(NS(=O)(=O)c3c(C)[nH]c(=O)[nH]c3=O)sc2c1. The van der Waals surface area contributed by atoms with Gasteiger partial charge in [0.1, 0.15) is 5.75 Å². The lowest BCUT2D eigenvalue weighted by molar-refractivity contribution is 0.341. The van der Waals surface area contributed by atoms with Gasteiger partial charge in [0.2, 0.25) is 0 Å². The van der Waals surface area contributed by atoms with Gasteiger partial charge in [0, 0.05) is 5.69 Å². The molecule has 9 nitrogen and oxygen atoms in total. The molecule has 11 heteroatoms. The standard InChI is InChI=1S/C14H14N4O5S2/c1-3-23-8-4-5-9-10(6-8)24-14(16-9)18-25(21,22)11-7(2)15-13(20)17-12(11)19/h4-6H,3H2,1-2H3,(H,16,18)(H2,15,17,19,20). The maximum Gasteiger partial charge on any atom is 0.325 e. The lowest BCUT2D eigenvalue weighted by Crippen LogP contribution is -2.31. The zero-order chi connectivity index (χ0) is 18.2. The number of aromatic nitrogens is 3. The number of fused-ring (bicyclic) bond motifs is 1. The van der Waals surface area contributed by atoms with Crippen LogP contribution in [0.2, 0.25) is 0 Å². The van der Waals surface area contributed by atoms with E-state index < -0.39 is 26.2 Å². The number of rotatable bonds is 5. The number of sulfonamides is 1. The summed E-state index contributed by atoms with van der Waals surface area (Å²) >= 11 is 1.11. The van der Waals surface area contributed by atoms with Crippen molar-refractivity contribution in [3.8, 4) is 5.75 Å². The van der Waals surface area contributed by atoms with Gasteiger partial charge in [-0.05, 0) is 32.0 Å². The zero-order valence-electron chi connectivity index (χ0n) is 13.2. The van der Waals surface area contributed by atoms with E-state index in [0.29, 0.717) is 17.9 Å². The summed E-state index contributed by atoms with van der Waals surface area (Å²) < 4.78 is 33.4. The van der Waals surface area contributed by atoms with Gasteiger partial charge in [-0.3, -0.25) is 14.5 Å². The number of hydrogen-bond donors (Lipinski definition) is 3. The Kier molecular flexibility index (Phi) is 4.35. The second kappa shape index (κ2) is 6.33. The molecule has 0 aliphatic heterocycles. The molecule has 0 aliphatic carbocycles. The molecule has 0 fully saturated rings. The smallest absolute Gasteiger partial charge is 0.325 e. The van der Waals surface area contributed by atoms with Crippen LogP contribution in [0.15, 0.2) is 32.7 Å². The first-order chi connectivity index (χ1) is 11.8. The number of H-pyrrole nitrogens is 2. The third-order valence-electron chi connectivity index (χ3n) is 3.24. The number of ether oxygens (including phenoxy) is 1. The highest BCUT2D eigenvalue weighted by atomic mass is 32.2. The van der Waals surface area contributed by atoms with Gasteiger partial charge < -0.3 is 9.72 Å². The molecule has 3 aromatic rings. The van der Waals surface area contributed by atoms with Crippen LogP contribution in [0.1, 0.15) is 12.6 Å². The van der Waals surface area contributed by atoms with E-state index in [9.17, 15) is 18.0 Å². The topological polar surface area (TPSA) is 134 Å². The number of thiazole rings is 1. The Morgan fingerprint density at radius 1 is 1.28 bits per heavy atom. The molecule has 0 spiro atoms. The number of aryl methyl sites for hydroxylation is 1. The van der Waals surface area contributed by atoms with Crippen LogP contribution in [-0.4, -0.2) is 30.0 Å². The summed E-state index contributed by atoms with van der Waals surface area (Å²) in [6.07, 6.45) is 0. The Morgan fingerprint density at radius 2 is 2.04 bits per heavy atom. The van der Waals surface area contributed by atoms with Gasteiger partial charge in [0.25, 0.3) is 15.6 Å². The predicted octanol–water partition coefficient (Wildman–Crippen LogP) is 1.18. The average Bonchev–Trinajstić information content (AvgIpc) is 2.86. The molecule has 25 heavy (non-hydrogen) atoms. The first kappa shape index (κ1) is 17.2. The predicted molar refractivity (Wildman–Crippen MR) is 94.0 cm³/mol. The highest BCUT2D eigenvalue weighted by Crippen LogP contribution is 2.30. The van der Waals surface area contributed by atoms with E-state index in [1.54, 1.807) is 18.2 Å². The molecule has 3 rings (SSSR count). The van der Waals surface area contributed by atoms with E-state index in [-0.39, 0.29) is 10.8 Å². The molecular weight excluding hydrogens is 368 g/mol. The minimum Gasteiger partial charge on any atom is -0.494 e. The Balaban J connectivity index is 2.00. The van der Waals surface area contributed by atoms with Gasteiger partial charge in [-0.15, -0.1) is 0 Å². The molecule has 3 N–H and O–H groups in total. The molecule has 0 atom stereocenters. The summed E-state index contributed by atoms with van der Waals surface area (Å²) in [5.74, 6) is 0.654. The number of benzene rings is 1. The van der Waals surface area contributed by atoms with Crippen molar-refractivity contribution in [3.63, 3.8) is 0 Å². The lowest BCUT2D eigenvalue weighted by Gasteiger charge is -2.06. The lowest BCUT2D eigenvalue weighted by atomic mass is 10.3. The Morgan fingerprint density at radius 3 is 2.72 bits per heavy atom. The maximum absolute atomic E-state index is 12.5. The van der Waals surface area contributed by atoms with Gasteiger partial charge in [-0.25, -0.2) is 18.2 Å². The zero-order valence-corrected chi connectivity index (χ0v) is 14.9.